The molecule has 3 heteroatoms. The van der Waals surface area contributed by atoms with Crippen LogP contribution in [0.25, 0.3) is 0 Å². The van der Waals surface area contributed by atoms with E-state index in [4.69, 9.17) is 0 Å². The SMILES string of the molecule is Cc1ncc(C(C)NC(C)C)c(C)n1. The Morgan fingerprint density at radius 3 is 2.36 bits per heavy atom. The van der Waals surface area contributed by atoms with Gasteiger partial charge < -0.3 is 5.32 Å². The van der Waals surface area contributed by atoms with E-state index in [2.05, 4.69) is 36.1 Å². The molecule has 0 saturated carbocycles. The van der Waals surface area contributed by atoms with E-state index in [0.29, 0.717) is 12.1 Å². The number of nitrogens with one attached hydrogen (secondary N) is 1. The van der Waals surface area contributed by atoms with Crippen LogP contribution in [0.2, 0.25) is 0 Å². The number of hydrogen-bond acceptors (Lipinski definition) is 3. The lowest BCUT2D eigenvalue weighted by Gasteiger charge is -2.18. The Kier molecular flexibility index (Phi) is 3.58. The molecule has 0 aliphatic rings. The van der Waals surface area contributed by atoms with Gasteiger partial charge in [0.25, 0.3) is 0 Å². The van der Waals surface area contributed by atoms with Crippen LogP contribution in [0.5, 0.6) is 0 Å². The first-order chi connectivity index (χ1) is 6.50. The van der Waals surface area contributed by atoms with E-state index in [1.807, 2.05) is 20.0 Å². The second-order valence-corrected chi connectivity index (χ2v) is 4.00. The van der Waals surface area contributed by atoms with Gasteiger partial charge in [0.15, 0.2) is 0 Å². The van der Waals surface area contributed by atoms with Crippen molar-refractivity contribution in [2.24, 2.45) is 0 Å². The van der Waals surface area contributed by atoms with Gasteiger partial charge in [-0.15, -0.1) is 0 Å². The minimum Gasteiger partial charge on any atom is -0.308 e. The van der Waals surface area contributed by atoms with Crippen molar-refractivity contribution >= 4 is 0 Å². The van der Waals surface area contributed by atoms with E-state index in [1.54, 1.807) is 0 Å². The van der Waals surface area contributed by atoms with Crippen LogP contribution in [-0.2, 0) is 0 Å². The molecule has 1 atom stereocenters. The van der Waals surface area contributed by atoms with Crippen LogP contribution < -0.4 is 5.32 Å². The van der Waals surface area contributed by atoms with Crippen molar-refractivity contribution < 1.29 is 0 Å². The van der Waals surface area contributed by atoms with Crippen LogP contribution >= 0.6 is 0 Å². The second kappa shape index (κ2) is 4.51. The highest BCUT2D eigenvalue weighted by atomic mass is 14.9. The van der Waals surface area contributed by atoms with E-state index in [1.165, 1.54) is 5.56 Å². The topological polar surface area (TPSA) is 37.8 Å². The molecule has 0 aromatic carbocycles. The van der Waals surface area contributed by atoms with Crippen molar-refractivity contribution in [2.75, 3.05) is 0 Å². The van der Waals surface area contributed by atoms with Gasteiger partial charge in [0.05, 0.1) is 0 Å². The lowest BCUT2D eigenvalue weighted by molar-refractivity contribution is 0.501. The zero-order chi connectivity index (χ0) is 10.7. The zero-order valence-electron chi connectivity index (χ0n) is 9.63. The predicted octanol–water partition coefficient (Wildman–Crippen LogP) is 2.15. The van der Waals surface area contributed by atoms with Crippen molar-refractivity contribution in [1.29, 1.82) is 0 Å². The van der Waals surface area contributed by atoms with Crippen LogP contribution in [0.15, 0.2) is 6.20 Å². The molecule has 3 nitrogen and oxygen atoms in total. The summed E-state index contributed by atoms with van der Waals surface area (Å²) in [4.78, 5) is 8.57. The molecule has 1 heterocycles. The van der Waals surface area contributed by atoms with Gasteiger partial charge in [0.2, 0.25) is 0 Å². The van der Waals surface area contributed by atoms with Crippen molar-refractivity contribution in [2.45, 2.75) is 46.7 Å². The largest absolute Gasteiger partial charge is 0.308 e. The lowest BCUT2D eigenvalue weighted by atomic mass is 10.1. The van der Waals surface area contributed by atoms with Gasteiger partial charge in [-0.05, 0) is 20.8 Å². The highest BCUT2D eigenvalue weighted by Gasteiger charge is 2.10. The van der Waals surface area contributed by atoms with Gasteiger partial charge in [-0.25, -0.2) is 9.97 Å². The van der Waals surface area contributed by atoms with Crippen LogP contribution in [0, 0.1) is 13.8 Å². The molecular formula is C11H19N3. The number of rotatable bonds is 3. The summed E-state index contributed by atoms with van der Waals surface area (Å²) in [6, 6.07) is 0.793. The average Bonchev–Trinajstić information content (AvgIpc) is 2.01. The smallest absolute Gasteiger partial charge is 0.125 e. The Morgan fingerprint density at radius 1 is 1.21 bits per heavy atom. The first-order valence-electron chi connectivity index (χ1n) is 5.07. The van der Waals surface area contributed by atoms with Gasteiger partial charge in [-0.3, -0.25) is 0 Å². The third-order valence-electron chi connectivity index (χ3n) is 2.19. The third-order valence-corrected chi connectivity index (χ3v) is 2.19. The zero-order valence-corrected chi connectivity index (χ0v) is 9.63. The van der Waals surface area contributed by atoms with Crippen LogP contribution in [0.3, 0.4) is 0 Å². The Balaban J connectivity index is 2.84. The van der Waals surface area contributed by atoms with Gasteiger partial charge >= 0.3 is 0 Å². The maximum Gasteiger partial charge on any atom is 0.125 e. The molecule has 0 amide bonds. The Hall–Kier alpha value is -0.960. The molecule has 1 aromatic heterocycles. The van der Waals surface area contributed by atoms with Gasteiger partial charge in [0.1, 0.15) is 5.82 Å². The quantitative estimate of drug-likeness (QED) is 0.799. The fraction of sp³-hybridized carbons (Fsp3) is 0.636. The van der Waals surface area contributed by atoms with Crippen molar-refractivity contribution in [3.8, 4) is 0 Å². The minimum atomic E-state index is 0.315. The highest BCUT2D eigenvalue weighted by Crippen LogP contribution is 2.14. The molecule has 1 rings (SSSR count). The molecule has 1 aromatic rings. The van der Waals surface area contributed by atoms with E-state index < -0.39 is 0 Å². The predicted molar refractivity (Wildman–Crippen MR) is 58.2 cm³/mol. The molecular weight excluding hydrogens is 174 g/mol. The third kappa shape index (κ3) is 2.77. The fourth-order valence-corrected chi connectivity index (χ4v) is 1.61. The average molecular weight is 193 g/mol. The maximum absolute atomic E-state index is 4.35. The van der Waals surface area contributed by atoms with Crippen molar-refractivity contribution in [1.82, 2.24) is 15.3 Å². The molecule has 0 radical (unpaired) electrons. The van der Waals surface area contributed by atoms with Crippen LogP contribution in [0.1, 0.15) is 43.9 Å². The van der Waals surface area contributed by atoms with Gasteiger partial charge in [-0.1, -0.05) is 13.8 Å². The summed E-state index contributed by atoms with van der Waals surface area (Å²) < 4.78 is 0. The summed E-state index contributed by atoms with van der Waals surface area (Å²) in [5.74, 6) is 0.836. The van der Waals surface area contributed by atoms with E-state index in [9.17, 15) is 0 Å². The second-order valence-electron chi connectivity index (χ2n) is 4.00. The Morgan fingerprint density at radius 2 is 1.86 bits per heavy atom. The van der Waals surface area contributed by atoms with Crippen LogP contribution in [0.4, 0.5) is 0 Å². The molecule has 0 saturated heterocycles. The summed E-state index contributed by atoms with van der Waals surface area (Å²) in [7, 11) is 0. The molecule has 0 spiro atoms. The van der Waals surface area contributed by atoms with Crippen molar-refractivity contribution in [3.63, 3.8) is 0 Å². The van der Waals surface area contributed by atoms with E-state index in [-0.39, 0.29) is 0 Å². The summed E-state index contributed by atoms with van der Waals surface area (Å²) in [6.07, 6.45) is 1.91. The van der Waals surface area contributed by atoms with E-state index in [0.717, 1.165) is 11.5 Å². The highest BCUT2D eigenvalue weighted by molar-refractivity contribution is 5.19. The number of aryl methyl sites for hydroxylation is 2. The summed E-state index contributed by atoms with van der Waals surface area (Å²) >= 11 is 0. The lowest BCUT2D eigenvalue weighted by Crippen LogP contribution is -2.27. The Labute approximate surface area is 86.0 Å². The standard InChI is InChI=1S/C11H19N3/c1-7(2)13-8(3)11-6-12-10(5)14-9(11)4/h6-8,13H,1-5H3. The minimum absolute atomic E-state index is 0.315. The molecule has 0 bridgehead atoms. The maximum atomic E-state index is 4.35. The summed E-state index contributed by atoms with van der Waals surface area (Å²) in [5.41, 5.74) is 2.25. The number of hydrogen-bond donors (Lipinski definition) is 1. The number of aromatic nitrogens is 2. The number of nitrogens with zero attached hydrogens (tertiary/aromatic N) is 2. The summed E-state index contributed by atoms with van der Waals surface area (Å²) in [6.45, 7) is 10.4. The molecule has 14 heavy (non-hydrogen) atoms. The molecule has 0 aliphatic carbocycles. The Bertz CT molecular complexity index is 307. The monoisotopic (exact) mass is 193 g/mol. The van der Waals surface area contributed by atoms with E-state index >= 15 is 0 Å². The van der Waals surface area contributed by atoms with Crippen molar-refractivity contribution in [3.05, 3.63) is 23.3 Å². The van der Waals surface area contributed by atoms with Gasteiger partial charge in [0, 0.05) is 29.5 Å². The first kappa shape index (κ1) is 11.1. The summed E-state index contributed by atoms with van der Waals surface area (Å²) in [5, 5.41) is 3.44. The van der Waals surface area contributed by atoms with Crippen LogP contribution in [-0.4, -0.2) is 16.0 Å². The van der Waals surface area contributed by atoms with Gasteiger partial charge in [-0.2, -0.15) is 0 Å². The normalized spacial score (nSPS) is 13.3. The fourth-order valence-electron chi connectivity index (χ4n) is 1.61. The molecule has 1 unspecified atom stereocenters. The molecule has 0 fully saturated rings. The molecule has 78 valence electrons. The molecule has 1 N–H and O–H groups in total. The molecule has 0 aliphatic heterocycles. The first-order valence-corrected chi connectivity index (χ1v) is 5.07.